The SMILES string of the molecule is CC(=O)c1ccc(NC(=O)Nc2ccc(Cl)cc2F)cc1. The van der Waals surface area contributed by atoms with E-state index in [0.717, 1.165) is 6.07 Å². The summed E-state index contributed by atoms with van der Waals surface area (Å²) < 4.78 is 13.5. The highest BCUT2D eigenvalue weighted by atomic mass is 35.5. The number of Topliss-reactive ketones (excluding diaryl/α,β-unsaturated/α-hetero) is 1. The Morgan fingerprint density at radius 3 is 2.29 bits per heavy atom. The molecule has 0 heterocycles. The van der Waals surface area contributed by atoms with Gasteiger partial charge in [0.25, 0.3) is 0 Å². The number of ketones is 1. The van der Waals surface area contributed by atoms with Crippen LogP contribution in [0.15, 0.2) is 42.5 Å². The fraction of sp³-hybridized carbons (Fsp3) is 0.0667. The van der Waals surface area contributed by atoms with E-state index in [9.17, 15) is 14.0 Å². The molecule has 2 amide bonds. The zero-order valence-corrected chi connectivity index (χ0v) is 11.9. The van der Waals surface area contributed by atoms with Crippen LogP contribution in [0.1, 0.15) is 17.3 Å². The van der Waals surface area contributed by atoms with Crippen molar-refractivity contribution in [1.82, 2.24) is 0 Å². The van der Waals surface area contributed by atoms with Gasteiger partial charge in [0, 0.05) is 16.3 Å². The minimum Gasteiger partial charge on any atom is -0.308 e. The molecule has 0 saturated heterocycles. The Morgan fingerprint density at radius 2 is 1.71 bits per heavy atom. The number of halogens is 2. The zero-order valence-electron chi connectivity index (χ0n) is 11.1. The van der Waals surface area contributed by atoms with Gasteiger partial charge in [-0.05, 0) is 49.4 Å². The van der Waals surface area contributed by atoms with Gasteiger partial charge >= 0.3 is 6.03 Å². The van der Waals surface area contributed by atoms with Crippen LogP contribution in [0.2, 0.25) is 5.02 Å². The third-order valence-corrected chi connectivity index (χ3v) is 2.96. The quantitative estimate of drug-likeness (QED) is 0.829. The van der Waals surface area contributed by atoms with Crippen molar-refractivity contribution in [1.29, 1.82) is 0 Å². The molecular formula is C15H12ClFN2O2. The van der Waals surface area contributed by atoms with Gasteiger partial charge < -0.3 is 10.6 Å². The maximum absolute atomic E-state index is 13.5. The Labute approximate surface area is 125 Å². The molecule has 2 aromatic rings. The lowest BCUT2D eigenvalue weighted by molar-refractivity contribution is 0.101. The van der Waals surface area contributed by atoms with Gasteiger partial charge in [0.1, 0.15) is 5.82 Å². The second-order valence-corrected chi connectivity index (χ2v) is 4.77. The Bertz CT molecular complexity index is 687. The maximum atomic E-state index is 13.5. The Kier molecular flexibility index (Phi) is 4.55. The highest BCUT2D eigenvalue weighted by molar-refractivity contribution is 6.30. The molecule has 0 aliphatic rings. The summed E-state index contributed by atoms with van der Waals surface area (Å²) in [5, 5.41) is 5.16. The van der Waals surface area contributed by atoms with Gasteiger partial charge in [-0.1, -0.05) is 11.6 Å². The van der Waals surface area contributed by atoms with E-state index in [2.05, 4.69) is 10.6 Å². The molecule has 0 aromatic heterocycles. The topological polar surface area (TPSA) is 58.2 Å². The fourth-order valence-electron chi connectivity index (χ4n) is 1.66. The summed E-state index contributed by atoms with van der Waals surface area (Å²) in [7, 11) is 0. The molecule has 0 aliphatic carbocycles. The van der Waals surface area contributed by atoms with Crippen LogP contribution in [0.4, 0.5) is 20.6 Å². The first-order chi connectivity index (χ1) is 9.95. The van der Waals surface area contributed by atoms with Gasteiger partial charge in [-0.2, -0.15) is 0 Å². The summed E-state index contributed by atoms with van der Waals surface area (Å²) in [6.07, 6.45) is 0. The van der Waals surface area contributed by atoms with Gasteiger partial charge in [-0.3, -0.25) is 4.79 Å². The summed E-state index contributed by atoms with van der Waals surface area (Å²) in [4.78, 5) is 22.9. The number of hydrogen-bond donors (Lipinski definition) is 2. The van der Waals surface area contributed by atoms with Gasteiger partial charge in [-0.25, -0.2) is 9.18 Å². The van der Waals surface area contributed by atoms with Crippen LogP contribution in [-0.4, -0.2) is 11.8 Å². The van der Waals surface area contributed by atoms with Crippen LogP contribution in [0.3, 0.4) is 0 Å². The smallest absolute Gasteiger partial charge is 0.308 e. The highest BCUT2D eigenvalue weighted by Crippen LogP contribution is 2.19. The van der Waals surface area contributed by atoms with Crippen molar-refractivity contribution >= 4 is 34.8 Å². The van der Waals surface area contributed by atoms with Crippen LogP contribution in [0.25, 0.3) is 0 Å². The molecule has 0 fully saturated rings. The molecule has 2 rings (SSSR count). The first-order valence-electron chi connectivity index (χ1n) is 6.10. The molecule has 0 saturated carbocycles. The van der Waals surface area contributed by atoms with E-state index in [4.69, 9.17) is 11.6 Å². The van der Waals surface area contributed by atoms with Crippen molar-refractivity contribution in [3.8, 4) is 0 Å². The van der Waals surface area contributed by atoms with E-state index in [1.807, 2.05) is 0 Å². The molecule has 0 atom stereocenters. The first kappa shape index (κ1) is 15.0. The van der Waals surface area contributed by atoms with Crippen molar-refractivity contribution < 1.29 is 14.0 Å². The molecule has 0 aliphatic heterocycles. The second-order valence-electron chi connectivity index (χ2n) is 4.34. The third kappa shape index (κ3) is 4.03. The predicted molar refractivity (Wildman–Crippen MR) is 80.5 cm³/mol. The molecule has 0 radical (unpaired) electrons. The number of amides is 2. The molecule has 4 nitrogen and oxygen atoms in total. The average molecular weight is 307 g/mol. The summed E-state index contributed by atoms with van der Waals surface area (Å²) in [6.45, 7) is 1.46. The van der Waals surface area contributed by atoms with Gasteiger partial charge in [-0.15, -0.1) is 0 Å². The number of anilines is 2. The van der Waals surface area contributed by atoms with E-state index < -0.39 is 11.8 Å². The molecule has 0 spiro atoms. The van der Waals surface area contributed by atoms with E-state index in [1.165, 1.54) is 19.1 Å². The highest BCUT2D eigenvalue weighted by Gasteiger charge is 2.08. The Balaban J connectivity index is 2.02. The summed E-state index contributed by atoms with van der Waals surface area (Å²) in [5.41, 5.74) is 1.06. The molecule has 2 N–H and O–H groups in total. The summed E-state index contributed by atoms with van der Waals surface area (Å²) >= 11 is 5.63. The zero-order chi connectivity index (χ0) is 15.4. The summed E-state index contributed by atoms with van der Waals surface area (Å²) in [6, 6.07) is 9.74. The minimum atomic E-state index is -0.621. The molecular weight excluding hydrogens is 295 g/mol. The maximum Gasteiger partial charge on any atom is 0.323 e. The third-order valence-electron chi connectivity index (χ3n) is 2.73. The van der Waals surface area contributed by atoms with E-state index >= 15 is 0 Å². The fourth-order valence-corrected chi connectivity index (χ4v) is 1.82. The number of nitrogens with one attached hydrogen (secondary N) is 2. The lowest BCUT2D eigenvalue weighted by Gasteiger charge is -2.09. The van der Waals surface area contributed by atoms with Crippen LogP contribution in [0.5, 0.6) is 0 Å². The van der Waals surface area contributed by atoms with Crippen molar-refractivity contribution in [2.45, 2.75) is 6.92 Å². The van der Waals surface area contributed by atoms with E-state index in [-0.39, 0.29) is 16.5 Å². The van der Waals surface area contributed by atoms with Gasteiger partial charge in [0.15, 0.2) is 5.78 Å². The molecule has 6 heteroatoms. The van der Waals surface area contributed by atoms with Crippen molar-refractivity contribution in [3.63, 3.8) is 0 Å². The number of urea groups is 1. The Hall–Kier alpha value is -2.40. The molecule has 108 valence electrons. The molecule has 0 bridgehead atoms. The van der Waals surface area contributed by atoms with Crippen LogP contribution < -0.4 is 10.6 Å². The molecule has 0 unspecified atom stereocenters. The van der Waals surface area contributed by atoms with Crippen molar-refractivity contribution in [3.05, 3.63) is 58.9 Å². The van der Waals surface area contributed by atoms with Gasteiger partial charge in [0.05, 0.1) is 5.69 Å². The van der Waals surface area contributed by atoms with Crippen molar-refractivity contribution in [2.75, 3.05) is 10.6 Å². The van der Waals surface area contributed by atoms with E-state index in [0.29, 0.717) is 11.3 Å². The van der Waals surface area contributed by atoms with Crippen LogP contribution in [0, 0.1) is 5.82 Å². The number of carbonyl (C=O) groups is 2. The number of hydrogen-bond acceptors (Lipinski definition) is 2. The average Bonchev–Trinajstić information content (AvgIpc) is 2.42. The lowest BCUT2D eigenvalue weighted by Crippen LogP contribution is -2.20. The second kappa shape index (κ2) is 6.37. The minimum absolute atomic E-state index is 0.0252. The number of benzene rings is 2. The van der Waals surface area contributed by atoms with Crippen LogP contribution in [-0.2, 0) is 0 Å². The largest absolute Gasteiger partial charge is 0.323 e. The van der Waals surface area contributed by atoms with E-state index in [1.54, 1.807) is 24.3 Å². The van der Waals surface area contributed by atoms with Crippen LogP contribution >= 0.6 is 11.6 Å². The summed E-state index contributed by atoms with van der Waals surface area (Å²) in [5.74, 6) is -0.682. The van der Waals surface area contributed by atoms with Crippen molar-refractivity contribution in [2.24, 2.45) is 0 Å². The monoisotopic (exact) mass is 306 g/mol. The Morgan fingerprint density at radius 1 is 1.05 bits per heavy atom. The molecule has 2 aromatic carbocycles. The lowest BCUT2D eigenvalue weighted by atomic mass is 10.1. The number of rotatable bonds is 3. The first-order valence-corrected chi connectivity index (χ1v) is 6.47. The number of carbonyl (C=O) groups excluding carboxylic acids is 2. The normalized spacial score (nSPS) is 10.0. The van der Waals surface area contributed by atoms with Gasteiger partial charge in [0.2, 0.25) is 0 Å². The molecule has 21 heavy (non-hydrogen) atoms. The predicted octanol–water partition coefficient (Wildman–Crippen LogP) is 4.33. The standard InChI is InChI=1S/C15H12ClFN2O2/c1-9(20)10-2-5-12(6-3-10)18-15(21)19-14-7-4-11(16)8-13(14)17/h2-8H,1H3,(H2,18,19,21).